The van der Waals surface area contributed by atoms with E-state index in [1.807, 2.05) is 26.0 Å². The molecule has 1 aromatic rings. The quantitative estimate of drug-likeness (QED) is 0.781. The monoisotopic (exact) mass is 219 g/mol. The molecule has 0 fully saturated rings. The topological polar surface area (TPSA) is 42.2 Å². The van der Waals surface area contributed by atoms with Crippen LogP contribution in [0.1, 0.15) is 30.4 Å². The molecule has 0 spiro atoms. The van der Waals surface area contributed by atoms with Gasteiger partial charge in [-0.05, 0) is 36.6 Å². The Morgan fingerprint density at radius 3 is 2.25 bits per heavy atom. The Hall–Kier alpha value is -1.69. The van der Waals surface area contributed by atoms with Crippen molar-refractivity contribution in [3.8, 4) is 17.6 Å². The molecule has 0 aliphatic heterocycles. The normalized spacial score (nSPS) is 11.7. The van der Waals surface area contributed by atoms with Gasteiger partial charge in [-0.2, -0.15) is 5.26 Å². The van der Waals surface area contributed by atoms with Crippen LogP contribution >= 0.6 is 0 Å². The lowest BCUT2D eigenvalue weighted by atomic mass is 9.93. The van der Waals surface area contributed by atoms with E-state index in [1.165, 1.54) is 0 Å². The van der Waals surface area contributed by atoms with Gasteiger partial charge in [-0.3, -0.25) is 0 Å². The molecule has 1 rings (SSSR count). The van der Waals surface area contributed by atoms with Gasteiger partial charge in [0.15, 0.2) is 11.5 Å². The molecule has 16 heavy (non-hydrogen) atoms. The number of aryl methyl sites for hydroxylation is 1. The first-order valence-electron chi connectivity index (χ1n) is 5.30. The molecule has 0 saturated heterocycles. The first-order chi connectivity index (χ1) is 7.67. The first kappa shape index (κ1) is 12.4. The van der Waals surface area contributed by atoms with E-state index >= 15 is 0 Å². The molecular formula is C13H17NO2. The molecule has 1 aromatic carbocycles. The Morgan fingerprint density at radius 1 is 1.25 bits per heavy atom. The lowest BCUT2D eigenvalue weighted by Gasteiger charge is -2.15. The van der Waals surface area contributed by atoms with E-state index in [0.717, 1.165) is 17.5 Å². The SMILES string of the molecule is CCC(C#N)c1cc(OC)c(OC)cc1C. The van der Waals surface area contributed by atoms with Gasteiger partial charge in [-0.15, -0.1) is 0 Å². The van der Waals surface area contributed by atoms with Gasteiger partial charge in [-0.1, -0.05) is 6.92 Å². The Morgan fingerprint density at radius 2 is 1.81 bits per heavy atom. The van der Waals surface area contributed by atoms with E-state index in [4.69, 9.17) is 14.7 Å². The number of rotatable bonds is 4. The molecule has 3 nitrogen and oxygen atoms in total. The number of ether oxygens (including phenoxy) is 2. The fraction of sp³-hybridized carbons (Fsp3) is 0.462. The van der Waals surface area contributed by atoms with Crippen LogP contribution < -0.4 is 9.47 Å². The third-order valence-corrected chi connectivity index (χ3v) is 2.71. The Balaban J connectivity index is 3.26. The number of nitrogens with zero attached hydrogens (tertiary/aromatic N) is 1. The number of nitriles is 1. The summed E-state index contributed by atoms with van der Waals surface area (Å²) in [6.07, 6.45) is 0.798. The van der Waals surface area contributed by atoms with Crippen molar-refractivity contribution < 1.29 is 9.47 Å². The van der Waals surface area contributed by atoms with Crippen LogP contribution in [0.5, 0.6) is 11.5 Å². The molecular weight excluding hydrogens is 202 g/mol. The van der Waals surface area contributed by atoms with Crippen LogP contribution in [0.15, 0.2) is 12.1 Å². The Bertz CT molecular complexity index is 407. The van der Waals surface area contributed by atoms with Gasteiger partial charge in [0.2, 0.25) is 0 Å². The van der Waals surface area contributed by atoms with Gasteiger partial charge in [0.1, 0.15) is 0 Å². The highest BCUT2D eigenvalue weighted by atomic mass is 16.5. The van der Waals surface area contributed by atoms with Crippen LogP contribution in [0.3, 0.4) is 0 Å². The fourth-order valence-corrected chi connectivity index (χ4v) is 1.75. The van der Waals surface area contributed by atoms with E-state index in [-0.39, 0.29) is 5.92 Å². The predicted molar refractivity (Wildman–Crippen MR) is 62.9 cm³/mol. The molecule has 1 atom stereocenters. The van der Waals surface area contributed by atoms with Crippen molar-refractivity contribution >= 4 is 0 Å². The number of hydrogen-bond acceptors (Lipinski definition) is 3. The van der Waals surface area contributed by atoms with E-state index in [2.05, 4.69) is 6.07 Å². The molecule has 0 N–H and O–H groups in total. The largest absolute Gasteiger partial charge is 0.493 e. The van der Waals surface area contributed by atoms with Crippen LogP contribution in [0.4, 0.5) is 0 Å². The molecule has 0 radical (unpaired) electrons. The summed E-state index contributed by atoms with van der Waals surface area (Å²) in [6.45, 7) is 3.99. The molecule has 0 aromatic heterocycles. The maximum absolute atomic E-state index is 9.07. The molecule has 3 heteroatoms. The predicted octanol–water partition coefficient (Wildman–Crippen LogP) is 3.03. The second-order valence-electron chi connectivity index (χ2n) is 3.65. The summed E-state index contributed by atoms with van der Waals surface area (Å²) in [5.41, 5.74) is 2.08. The van der Waals surface area contributed by atoms with Crippen molar-refractivity contribution in [2.75, 3.05) is 14.2 Å². The average Bonchev–Trinajstić information content (AvgIpc) is 2.32. The third kappa shape index (κ3) is 2.27. The van der Waals surface area contributed by atoms with Crippen molar-refractivity contribution in [2.45, 2.75) is 26.2 Å². The Labute approximate surface area is 96.6 Å². The van der Waals surface area contributed by atoms with Crippen molar-refractivity contribution in [3.05, 3.63) is 23.3 Å². The van der Waals surface area contributed by atoms with Crippen molar-refractivity contribution in [1.29, 1.82) is 5.26 Å². The molecule has 0 aliphatic carbocycles. The van der Waals surface area contributed by atoms with Crippen molar-refractivity contribution in [3.63, 3.8) is 0 Å². The zero-order valence-electron chi connectivity index (χ0n) is 10.2. The first-order valence-corrected chi connectivity index (χ1v) is 5.30. The maximum Gasteiger partial charge on any atom is 0.161 e. The summed E-state index contributed by atoms with van der Waals surface area (Å²) in [6, 6.07) is 6.11. The number of hydrogen-bond donors (Lipinski definition) is 0. The van der Waals surface area contributed by atoms with Gasteiger partial charge in [0.25, 0.3) is 0 Å². The molecule has 0 saturated carbocycles. The third-order valence-electron chi connectivity index (χ3n) is 2.71. The maximum atomic E-state index is 9.07. The van der Waals surface area contributed by atoms with Crippen LogP contribution in [0, 0.1) is 18.3 Å². The lowest BCUT2D eigenvalue weighted by molar-refractivity contribution is 0.354. The molecule has 0 amide bonds. The second-order valence-corrected chi connectivity index (χ2v) is 3.65. The summed E-state index contributed by atoms with van der Waals surface area (Å²) in [5, 5.41) is 9.07. The molecule has 0 aliphatic rings. The summed E-state index contributed by atoms with van der Waals surface area (Å²) in [4.78, 5) is 0. The van der Waals surface area contributed by atoms with Gasteiger partial charge >= 0.3 is 0 Å². The molecule has 1 unspecified atom stereocenters. The smallest absolute Gasteiger partial charge is 0.161 e. The highest BCUT2D eigenvalue weighted by Gasteiger charge is 2.15. The average molecular weight is 219 g/mol. The van der Waals surface area contributed by atoms with Gasteiger partial charge in [0.05, 0.1) is 26.2 Å². The summed E-state index contributed by atoms with van der Waals surface area (Å²) in [7, 11) is 3.21. The Kier molecular flexibility index (Phi) is 4.19. The van der Waals surface area contributed by atoms with Crippen molar-refractivity contribution in [2.24, 2.45) is 0 Å². The standard InChI is InChI=1S/C13H17NO2/c1-5-10(8-14)11-7-13(16-4)12(15-3)6-9(11)2/h6-7,10H,5H2,1-4H3. The zero-order chi connectivity index (χ0) is 12.1. The lowest BCUT2D eigenvalue weighted by Crippen LogP contribution is -2.00. The minimum absolute atomic E-state index is 0.0835. The minimum Gasteiger partial charge on any atom is -0.493 e. The summed E-state index contributed by atoms with van der Waals surface area (Å²) in [5.74, 6) is 1.30. The second kappa shape index (κ2) is 5.41. The van der Waals surface area contributed by atoms with E-state index < -0.39 is 0 Å². The molecule has 0 bridgehead atoms. The van der Waals surface area contributed by atoms with E-state index in [9.17, 15) is 0 Å². The van der Waals surface area contributed by atoms with E-state index in [0.29, 0.717) is 11.5 Å². The summed E-state index contributed by atoms with van der Waals surface area (Å²) >= 11 is 0. The molecule has 86 valence electrons. The minimum atomic E-state index is -0.0835. The van der Waals surface area contributed by atoms with Crippen molar-refractivity contribution in [1.82, 2.24) is 0 Å². The number of methoxy groups -OCH3 is 2. The van der Waals surface area contributed by atoms with E-state index in [1.54, 1.807) is 14.2 Å². The molecule has 0 heterocycles. The van der Waals surface area contributed by atoms with Crippen LogP contribution in [0.25, 0.3) is 0 Å². The van der Waals surface area contributed by atoms with Crippen LogP contribution in [0.2, 0.25) is 0 Å². The fourth-order valence-electron chi connectivity index (χ4n) is 1.75. The van der Waals surface area contributed by atoms with Gasteiger partial charge in [-0.25, -0.2) is 0 Å². The summed E-state index contributed by atoms with van der Waals surface area (Å²) < 4.78 is 10.4. The van der Waals surface area contributed by atoms with Crippen LogP contribution in [-0.2, 0) is 0 Å². The van der Waals surface area contributed by atoms with Crippen LogP contribution in [-0.4, -0.2) is 14.2 Å². The zero-order valence-corrected chi connectivity index (χ0v) is 10.2. The van der Waals surface area contributed by atoms with Gasteiger partial charge in [0, 0.05) is 0 Å². The highest BCUT2D eigenvalue weighted by Crippen LogP contribution is 2.34. The van der Waals surface area contributed by atoms with Gasteiger partial charge < -0.3 is 9.47 Å². The highest BCUT2D eigenvalue weighted by molar-refractivity contribution is 5.49. The number of benzene rings is 1.